The van der Waals surface area contributed by atoms with Crippen LogP contribution in [0.5, 0.6) is 5.75 Å². The van der Waals surface area contributed by atoms with Crippen LogP contribution >= 0.6 is 24.0 Å². The molecule has 2 heterocycles. The van der Waals surface area contributed by atoms with Gasteiger partial charge in [-0.2, -0.15) is 0 Å². The van der Waals surface area contributed by atoms with Gasteiger partial charge in [0.2, 0.25) is 5.91 Å². The summed E-state index contributed by atoms with van der Waals surface area (Å²) in [5.41, 5.74) is 1.12. The largest absolute Gasteiger partial charge is 0.495 e. The van der Waals surface area contributed by atoms with Gasteiger partial charge in [0.25, 0.3) is 0 Å². The van der Waals surface area contributed by atoms with E-state index in [0.717, 1.165) is 56.9 Å². The van der Waals surface area contributed by atoms with Crippen molar-refractivity contribution in [3.63, 3.8) is 0 Å². The van der Waals surface area contributed by atoms with Crippen molar-refractivity contribution in [3.8, 4) is 5.75 Å². The molecule has 0 radical (unpaired) electrons. The van der Waals surface area contributed by atoms with Crippen molar-refractivity contribution in [1.29, 1.82) is 0 Å². The number of halogens is 1. The highest BCUT2D eigenvalue weighted by atomic mass is 127. The lowest BCUT2D eigenvalue weighted by atomic mass is 10.2. The van der Waals surface area contributed by atoms with Crippen LogP contribution in [-0.2, 0) is 4.79 Å². The van der Waals surface area contributed by atoms with Crippen LogP contribution in [0.25, 0.3) is 0 Å². The van der Waals surface area contributed by atoms with Crippen LogP contribution in [0.3, 0.4) is 0 Å². The van der Waals surface area contributed by atoms with Crippen LogP contribution in [0.15, 0.2) is 29.3 Å². The van der Waals surface area contributed by atoms with Crippen molar-refractivity contribution in [1.82, 2.24) is 15.5 Å². The van der Waals surface area contributed by atoms with E-state index in [1.54, 1.807) is 14.2 Å². The monoisotopic (exact) mass is 487 g/mol. The van der Waals surface area contributed by atoms with Crippen LogP contribution in [0.2, 0.25) is 0 Å². The number of hydrogen-bond acceptors (Lipinski definition) is 4. The molecule has 3 rings (SSSR count). The maximum absolute atomic E-state index is 12.2. The van der Waals surface area contributed by atoms with Crippen molar-refractivity contribution in [2.75, 3.05) is 51.8 Å². The number of anilines is 1. The van der Waals surface area contributed by atoms with Gasteiger partial charge in [0.15, 0.2) is 5.96 Å². The standard InChI is InChI=1S/C19H29N5O2.HI/c1-20-19(21-13-18(25)23-10-5-6-11-23)22-15-9-12-24(14-15)16-7-3-4-8-17(16)26-2;/h3-4,7-8,15H,5-6,9-14H2,1-2H3,(H2,20,21,22);1H. The number of ether oxygens (including phenoxy) is 1. The van der Waals surface area contributed by atoms with Crippen LogP contribution in [0.1, 0.15) is 19.3 Å². The van der Waals surface area contributed by atoms with Gasteiger partial charge in [-0.1, -0.05) is 12.1 Å². The fraction of sp³-hybridized carbons (Fsp3) is 0.579. The number of likely N-dealkylation sites (tertiary alicyclic amines) is 1. The van der Waals surface area contributed by atoms with Crippen molar-refractivity contribution >= 4 is 41.5 Å². The topological polar surface area (TPSA) is 69.2 Å². The summed E-state index contributed by atoms with van der Waals surface area (Å²) in [5, 5.41) is 6.59. The minimum absolute atomic E-state index is 0. The number of aliphatic imine (C=N–C) groups is 1. The highest BCUT2D eigenvalue weighted by Crippen LogP contribution is 2.30. The summed E-state index contributed by atoms with van der Waals surface area (Å²) in [6, 6.07) is 8.37. The second-order valence-electron chi connectivity index (χ2n) is 6.76. The zero-order valence-corrected chi connectivity index (χ0v) is 18.4. The maximum Gasteiger partial charge on any atom is 0.241 e. The summed E-state index contributed by atoms with van der Waals surface area (Å²) in [6.45, 7) is 3.89. The van der Waals surface area contributed by atoms with E-state index in [2.05, 4.69) is 26.6 Å². The number of nitrogens with one attached hydrogen (secondary N) is 2. The Morgan fingerprint density at radius 2 is 2.00 bits per heavy atom. The first-order chi connectivity index (χ1) is 12.7. The second kappa shape index (κ2) is 10.6. The first kappa shape index (κ1) is 21.6. The van der Waals surface area contributed by atoms with Crippen LogP contribution in [0, 0.1) is 0 Å². The van der Waals surface area contributed by atoms with Crippen LogP contribution in [-0.4, -0.2) is 69.7 Å². The predicted octanol–water partition coefficient (Wildman–Crippen LogP) is 1.68. The molecule has 1 aromatic rings. The van der Waals surface area contributed by atoms with Gasteiger partial charge in [-0.15, -0.1) is 24.0 Å². The molecule has 0 aliphatic carbocycles. The number of para-hydroxylation sites is 2. The third-order valence-electron chi connectivity index (χ3n) is 5.04. The SMILES string of the molecule is CN=C(NCC(=O)N1CCCC1)NC1CCN(c2ccccc2OC)C1.I. The Morgan fingerprint density at radius 3 is 2.70 bits per heavy atom. The molecule has 2 aliphatic rings. The number of carbonyl (C=O) groups excluding carboxylic acids is 1. The van der Waals surface area contributed by atoms with Gasteiger partial charge < -0.3 is 25.2 Å². The van der Waals surface area contributed by atoms with Crippen LogP contribution < -0.4 is 20.3 Å². The Balaban J connectivity index is 0.00000261. The van der Waals surface area contributed by atoms with E-state index in [-0.39, 0.29) is 35.9 Å². The summed E-state index contributed by atoms with van der Waals surface area (Å²) in [6.07, 6.45) is 3.23. The number of carbonyl (C=O) groups is 1. The average Bonchev–Trinajstić information content (AvgIpc) is 3.36. The van der Waals surface area contributed by atoms with Gasteiger partial charge in [-0.05, 0) is 31.4 Å². The number of rotatable bonds is 5. The smallest absolute Gasteiger partial charge is 0.241 e. The predicted molar refractivity (Wildman–Crippen MR) is 119 cm³/mol. The van der Waals surface area contributed by atoms with Crippen molar-refractivity contribution < 1.29 is 9.53 Å². The molecule has 27 heavy (non-hydrogen) atoms. The zero-order chi connectivity index (χ0) is 18.4. The normalized spacial score (nSPS) is 19.6. The fourth-order valence-electron chi connectivity index (χ4n) is 3.61. The molecule has 2 aliphatic heterocycles. The summed E-state index contributed by atoms with van der Waals surface area (Å²) < 4.78 is 5.47. The number of guanidine groups is 1. The molecular weight excluding hydrogens is 457 g/mol. The minimum Gasteiger partial charge on any atom is -0.495 e. The first-order valence-electron chi connectivity index (χ1n) is 9.34. The van der Waals surface area contributed by atoms with E-state index in [1.807, 2.05) is 23.1 Å². The summed E-state index contributed by atoms with van der Waals surface area (Å²) in [7, 11) is 3.44. The Hall–Kier alpha value is -1.71. The number of nitrogens with zero attached hydrogens (tertiary/aromatic N) is 3. The molecule has 0 aromatic heterocycles. The molecule has 2 fully saturated rings. The van der Waals surface area contributed by atoms with Gasteiger partial charge in [0.05, 0.1) is 19.3 Å². The van der Waals surface area contributed by atoms with Crippen molar-refractivity contribution in [2.45, 2.75) is 25.3 Å². The van der Waals surface area contributed by atoms with E-state index in [0.29, 0.717) is 12.5 Å². The number of hydrogen-bond donors (Lipinski definition) is 2. The molecule has 7 nitrogen and oxygen atoms in total. The molecule has 0 bridgehead atoms. The van der Waals surface area contributed by atoms with Gasteiger partial charge in [0, 0.05) is 39.3 Å². The third kappa shape index (κ3) is 5.63. The lowest BCUT2D eigenvalue weighted by Crippen LogP contribution is -2.48. The number of methoxy groups -OCH3 is 1. The highest BCUT2D eigenvalue weighted by molar-refractivity contribution is 14.0. The summed E-state index contributed by atoms with van der Waals surface area (Å²) in [4.78, 5) is 20.7. The van der Waals surface area contributed by atoms with E-state index < -0.39 is 0 Å². The third-order valence-corrected chi connectivity index (χ3v) is 5.04. The quantitative estimate of drug-likeness (QED) is 0.376. The van der Waals surface area contributed by atoms with E-state index in [4.69, 9.17) is 4.74 Å². The number of benzene rings is 1. The highest BCUT2D eigenvalue weighted by Gasteiger charge is 2.25. The molecule has 1 atom stereocenters. The van der Waals surface area contributed by atoms with E-state index in [9.17, 15) is 4.79 Å². The summed E-state index contributed by atoms with van der Waals surface area (Å²) in [5.74, 6) is 1.73. The van der Waals surface area contributed by atoms with Crippen molar-refractivity contribution in [3.05, 3.63) is 24.3 Å². The zero-order valence-electron chi connectivity index (χ0n) is 16.1. The minimum atomic E-state index is 0. The molecular formula is C19H30IN5O2. The van der Waals surface area contributed by atoms with Gasteiger partial charge in [0.1, 0.15) is 5.75 Å². The van der Waals surface area contributed by atoms with Crippen LogP contribution in [0.4, 0.5) is 5.69 Å². The average molecular weight is 487 g/mol. The van der Waals surface area contributed by atoms with Gasteiger partial charge in [-0.25, -0.2) is 0 Å². The maximum atomic E-state index is 12.2. The molecule has 2 N–H and O–H groups in total. The molecule has 1 unspecified atom stereocenters. The van der Waals surface area contributed by atoms with E-state index in [1.165, 1.54) is 0 Å². The fourth-order valence-corrected chi connectivity index (χ4v) is 3.61. The molecule has 1 aromatic carbocycles. The Labute approximate surface area is 178 Å². The van der Waals surface area contributed by atoms with Gasteiger partial charge in [-0.3, -0.25) is 9.79 Å². The Bertz CT molecular complexity index is 649. The molecule has 1 amide bonds. The summed E-state index contributed by atoms with van der Waals surface area (Å²) >= 11 is 0. The van der Waals surface area contributed by atoms with Gasteiger partial charge >= 0.3 is 0 Å². The molecule has 150 valence electrons. The molecule has 0 spiro atoms. The lowest BCUT2D eigenvalue weighted by molar-refractivity contribution is -0.128. The Morgan fingerprint density at radius 1 is 1.26 bits per heavy atom. The molecule has 2 saturated heterocycles. The lowest BCUT2D eigenvalue weighted by Gasteiger charge is -2.22. The second-order valence-corrected chi connectivity index (χ2v) is 6.76. The molecule has 0 saturated carbocycles. The Kier molecular flexibility index (Phi) is 8.46. The van der Waals surface area contributed by atoms with E-state index >= 15 is 0 Å². The first-order valence-corrected chi connectivity index (χ1v) is 9.34. The molecule has 8 heteroatoms. The number of amides is 1. The van der Waals surface area contributed by atoms with Crippen molar-refractivity contribution in [2.24, 2.45) is 4.99 Å².